The lowest BCUT2D eigenvalue weighted by Crippen LogP contribution is -2.31. The Labute approximate surface area is 125 Å². The number of aromatic nitrogens is 1. The van der Waals surface area contributed by atoms with E-state index in [0.29, 0.717) is 11.4 Å². The lowest BCUT2D eigenvalue weighted by Gasteiger charge is -2.09. The van der Waals surface area contributed by atoms with Crippen molar-refractivity contribution in [2.45, 2.75) is 25.9 Å². The summed E-state index contributed by atoms with van der Waals surface area (Å²) in [5.74, 6) is -0.0432. The van der Waals surface area contributed by atoms with Crippen LogP contribution >= 0.6 is 22.7 Å². The maximum Gasteiger partial charge on any atom is 0.263 e. The highest BCUT2D eigenvalue weighted by Gasteiger charge is 2.20. The van der Waals surface area contributed by atoms with Crippen LogP contribution in [-0.2, 0) is 4.74 Å². The van der Waals surface area contributed by atoms with Crippen molar-refractivity contribution in [2.24, 2.45) is 0 Å². The standard InChI is InChI=1S/C14H16N2O2S2/c1-9-12(13(17)15-8-10-4-2-6-18-10)20-14(16-9)11-5-3-7-19-11/h3,5,7,10H,2,4,6,8H2,1H3,(H,15,17). The topological polar surface area (TPSA) is 51.2 Å². The summed E-state index contributed by atoms with van der Waals surface area (Å²) in [5.41, 5.74) is 0.795. The molecule has 3 heterocycles. The predicted octanol–water partition coefficient (Wildman–Crippen LogP) is 3.09. The summed E-state index contributed by atoms with van der Waals surface area (Å²) in [4.78, 5) is 18.5. The Bertz CT molecular complexity index is 586. The molecule has 0 aromatic carbocycles. The fourth-order valence-corrected chi connectivity index (χ4v) is 3.98. The quantitative estimate of drug-likeness (QED) is 0.944. The number of rotatable bonds is 4. The number of carbonyl (C=O) groups is 1. The van der Waals surface area contributed by atoms with Crippen molar-refractivity contribution in [3.8, 4) is 9.88 Å². The van der Waals surface area contributed by atoms with Crippen molar-refractivity contribution < 1.29 is 9.53 Å². The molecule has 0 bridgehead atoms. The number of carbonyl (C=O) groups excluding carboxylic acids is 1. The summed E-state index contributed by atoms with van der Waals surface area (Å²) in [6.07, 6.45) is 2.29. The number of thiazole rings is 1. The normalized spacial score (nSPS) is 18.4. The van der Waals surface area contributed by atoms with Crippen LogP contribution in [0.2, 0.25) is 0 Å². The van der Waals surface area contributed by atoms with E-state index in [2.05, 4.69) is 10.3 Å². The Hall–Kier alpha value is -1.24. The summed E-state index contributed by atoms with van der Waals surface area (Å²) in [7, 11) is 0. The molecular formula is C14H16N2O2S2. The van der Waals surface area contributed by atoms with Gasteiger partial charge in [0.1, 0.15) is 9.88 Å². The molecule has 1 aliphatic heterocycles. The van der Waals surface area contributed by atoms with E-state index in [0.717, 1.165) is 35.0 Å². The molecule has 20 heavy (non-hydrogen) atoms. The lowest BCUT2D eigenvalue weighted by molar-refractivity contribution is 0.0860. The minimum absolute atomic E-state index is 0.0432. The Morgan fingerprint density at radius 3 is 3.20 bits per heavy atom. The zero-order chi connectivity index (χ0) is 13.9. The molecule has 2 aromatic heterocycles. The molecule has 106 valence electrons. The van der Waals surface area contributed by atoms with Crippen LogP contribution in [0.4, 0.5) is 0 Å². The second-order valence-electron chi connectivity index (χ2n) is 4.76. The van der Waals surface area contributed by atoms with Gasteiger partial charge >= 0.3 is 0 Å². The van der Waals surface area contributed by atoms with Crippen LogP contribution in [-0.4, -0.2) is 30.1 Å². The van der Waals surface area contributed by atoms with Gasteiger partial charge in [-0.1, -0.05) is 6.07 Å². The first kappa shape index (κ1) is 13.7. The van der Waals surface area contributed by atoms with E-state index >= 15 is 0 Å². The maximum absolute atomic E-state index is 12.2. The fraction of sp³-hybridized carbons (Fsp3) is 0.429. The highest BCUT2D eigenvalue weighted by molar-refractivity contribution is 7.22. The van der Waals surface area contributed by atoms with E-state index in [1.165, 1.54) is 11.3 Å². The molecule has 3 rings (SSSR count). The van der Waals surface area contributed by atoms with Gasteiger partial charge in [0, 0.05) is 13.2 Å². The number of amides is 1. The van der Waals surface area contributed by atoms with Crippen molar-refractivity contribution in [1.29, 1.82) is 0 Å². The molecule has 0 saturated carbocycles. The molecule has 1 fully saturated rings. The second-order valence-corrected chi connectivity index (χ2v) is 6.70. The van der Waals surface area contributed by atoms with Crippen LogP contribution in [0.5, 0.6) is 0 Å². The first-order chi connectivity index (χ1) is 9.74. The van der Waals surface area contributed by atoms with E-state index in [4.69, 9.17) is 4.74 Å². The van der Waals surface area contributed by atoms with Crippen LogP contribution < -0.4 is 5.32 Å². The van der Waals surface area contributed by atoms with Crippen molar-refractivity contribution >= 4 is 28.6 Å². The third-order valence-electron chi connectivity index (χ3n) is 3.25. The Morgan fingerprint density at radius 2 is 2.50 bits per heavy atom. The molecule has 6 heteroatoms. The van der Waals surface area contributed by atoms with Crippen LogP contribution in [0.1, 0.15) is 28.2 Å². The van der Waals surface area contributed by atoms with Gasteiger partial charge in [-0.2, -0.15) is 0 Å². The van der Waals surface area contributed by atoms with Crippen molar-refractivity contribution in [1.82, 2.24) is 10.3 Å². The van der Waals surface area contributed by atoms with E-state index in [1.54, 1.807) is 11.3 Å². The largest absolute Gasteiger partial charge is 0.376 e. The van der Waals surface area contributed by atoms with Crippen molar-refractivity contribution in [3.05, 3.63) is 28.1 Å². The van der Waals surface area contributed by atoms with Gasteiger partial charge in [0.2, 0.25) is 0 Å². The van der Waals surface area contributed by atoms with Gasteiger partial charge in [0.25, 0.3) is 5.91 Å². The summed E-state index contributed by atoms with van der Waals surface area (Å²) in [6, 6.07) is 4.02. The van der Waals surface area contributed by atoms with Gasteiger partial charge in [-0.25, -0.2) is 4.98 Å². The summed E-state index contributed by atoms with van der Waals surface area (Å²) in [6.45, 7) is 3.28. The Kier molecular flexibility index (Phi) is 4.14. The van der Waals surface area contributed by atoms with E-state index in [-0.39, 0.29) is 12.0 Å². The molecule has 1 amide bonds. The van der Waals surface area contributed by atoms with Gasteiger partial charge in [0.15, 0.2) is 0 Å². The average Bonchev–Trinajstić information content (AvgIpc) is 3.17. The third kappa shape index (κ3) is 2.92. The summed E-state index contributed by atoms with van der Waals surface area (Å²) in [5, 5.41) is 5.88. The van der Waals surface area contributed by atoms with E-state index < -0.39 is 0 Å². The summed E-state index contributed by atoms with van der Waals surface area (Å²) >= 11 is 3.09. The minimum Gasteiger partial charge on any atom is -0.376 e. The second kappa shape index (κ2) is 6.03. The van der Waals surface area contributed by atoms with Gasteiger partial charge in [0.05, 0.1) is 16.7 Å². The molecular weight excluding hydrogens is 292 g/mol. The molecule has 1 atom stereocenters. The van der Waals surface area contributed by atoms with Crippen LogP contribution in [0.3, 0.4) is 0 Å². The van der Waals surface area contributed by atoms with Crippen LogP contribution in [0.25, 0.3) is 9.88 Å². The number of hydrogen-bond donors (Lipinski definition) is 1. The maximum atomic E-state index is 12.2. The third-order valence-corrected chi connectivity index (χ3v) is 5.44. The number of ether oxygens (including phenoxy) is 1. The van der Waals surface area contributed by atoms with Gasteiger partial charge in [-0.15, -0.1) is 22.7 Å². The smallest absolute Gasteiger partial charge is 0.263 e. The molecule has 1 N–H and O–H groups in total. The molecule has 4 nitrogen and oxygen atoms in total. The van der Waals surface area contributed by atoms with Crippen LogP contribution in [0, 0.1) is 6.92 Å². The Morgan fingerprint density at radius 1 is 1.60 bits per heavy atom. The lowest BCUT2D eigenvalue weighted by atomic mass is 10.2. The van der Waals surface area contributed by atoms with Gasteiger partial charge in [-0.05, 0) is 31.2 Å². The van der Waals surface area contributed by atoms with Crippen molar-refractivity contribution in [3.63, 3.8) is 0 Å². The average molecular weight is 308 g/mol. The number of aryl methyl sites for hydroxylation is 1. The highest BCUT2D eigenvalue weighted by atomic mass is 32.1. The fourth-order valence-electron chi connectivity index (χ4n) is 2.20. The number of thiophene rings is 1. The molecule has 0 aliphatic carbocycles. The van der Waals surface area contributed by atoms with Gasteiger partial charge < -0.3 is 10.1 Å². The first-order valence-electron chi connectivity index (χ1n) is 6.65. The highest BCUT2D eigenvalue weighted by Crippen LogP contribution is 2.30. The number of hydrogen-bond acceptors (Lipinski definition) is 5. The molecule has 1 saturated heterocycles. The number of nitrogens with zero attached hydrogens (tertiary/aromatic N) is 1. The zero-order valence-electron chi connectivity index (χ0n) is 11.2. The SMILES string of the molecule is Cc1nc(-c2cccs2)sc1C(=O)NCC1CCCO1. The first-order valence-corrected chi connectivity index (χ1v) is 8.35. The van der Waals surface area contributed by atoms with E-state index in [1.807, 2.05) is 24.4 Å². The molecule has 2 aromatic rings. The Balaban J connectivity index is 1.68. The van der Waals surface area contributed by atoms with Crippen molar-refractivity contribution in [2.75, 3.05) is 13.2 Å². The molecule has 0 spiro atoms. The van der Waals surface area contributed by atoms with Gasteiger partial charge in [-0.3, -0.25) is 4.79 Å². The predicted molar refractivity (Wildman–Crippen MR) is 81.5 cm³/mol. The zero-order valence-corrected chi connectivity index (χ0v) is 12.9. The molecule has 1 unspecified atom stereocenters. The monoisotopic (exact) mass is 308 g/mol. The molecule has 0 radical (unpaired) electrons. The number of nitrogens with one attached hydrogen (secondary N) is 1. The summed E-state index contributed by atoms with van der Waals surface area (Å²) < 4.78 is 5.51. The minimum atomic E-state index is -0.0432. The van der Waals surface area contributed by atoms with E-state index in [9.17, 15) is 4.79 Å². The molecule has 1 aliphatic rings. The van der Waals surface area contributed by atoms with Crippen LogP contribution in [0.15, 0.2) is 17.5 Å².